The second kappa shape index (κ2) is 46.3. The van der Waals surface area contributed by atoms with E-state index in [1.165, 1.54) is 21.3 Å². The molecular formula is C80H56B2F48N2O4Se2Sr+2. The smallest absolute Gasteiger partial charge is 0.194 e. The maximum absolute atomic E-state index is 14.2. The quantitative estimate of drug-likeness (QED) is 0.117. The molecule has 764 valence electrons. The Morgan fingerprint density at radius 3 is 0.331 bits per heavy atom. The maximum Gasteiger partial charge on any atom is 2.00 e. The largest absolute Gasteiger partial charge is 2.00 e. The topological polar surface area (TPSA) is 84.5 Å². The van der Waals surface area contributed by atoms with E-state index in [4.69, 9.17) is 29.5 Å². The van der Waals surface area contributed by atoms with Gasteiger partial charge in [0.15, 0.2) is 0 Å². The molecule has 8 aromatic carbocycles. The van der Waals surface area contributed by atoms with Crippen molar-refractivity contribution in [2.75, 3.05) is 52.9 Å². The number of hydrogen-bond acceptors (Lipinski definition) is 4. The minimum Gasteiger partial charge on any atom is -0.194 e. The van der Waals surface area contributed by atoms with Crippen molar-refractivity contribution in [3.8, 4) is 12.1 Å². The second-order valence-corrected chi connectivity index (χ2v) is 33.8. The monoisotopic (exact) mass is 2290 g/mol. The molecule has 2 N–H and O–H groups in total. The summed E-state index contributed by atoms with van der Waals surface area (Å²) in [6.07, 6.45) is -110. The molecule has 0 unspecified atom stereocenters. The van der Waals surface area contributed by atoms with Crippen molar-refractivity contribution in [2.45, 2.75) is 134 Å². The Morgan fingerprint density at radius 1 is 0.180 bits per heavy atom. The number of benzene rings is 8. The van der Waals surface area contributed by atoms with Gasteiger partial charge in [0.25, 0.3) is 12.1 Å². The molecule has 1 heterocycles. The summed E-state index contributed by atoms with van der Waals surface area (Å²) in [6.45, 7) is 9.52. The van der Waals surface area contributed by atoms with Crippen LogP contribution in [0.3, 0.4) is 0 Å². The average Bonchev–Trinajstić information content (AvgIpc) is 0.709. The van der Waals surface area contributed by atoms with E-state index in [2.05, 4.69) is 0 Å². The van der Waals surface area contributed by atoms with E-state index >= 15 is 0 Å². The SMILES string of the molecule is C1COCC[Se]CCOCCOCC[Se]CCO1.CC#[NH+].CC#[NH+].FC(F)(F)c1cc([B-](c2cc(C(F)(F)F)cc(C(F)(F)F)c2)(c2cc(C(F)(F)F)cc(C(F)(F)F)c2)c2cc(C(F)(F)F)cc(C(F)(F)F)c2)cc(C(F)(F)F)c1.FC(F)(F)c1cc([B-](c2cc(C(F)(F)F)cc(C(F)(F)F)c2)(c2cc(C(F)(F)F)cc(C(F)(F)F)c2)c2cc(C(F)(F)F)cc(C(F)(F)F)c2)cc(C(F)(F)F)c1.[Sr+2]. The van der Waals surface area contributed by atoms with Gasteiger partial charge in [-0.1, -0.05) is 97.1 Å². The maximum atomic E-state index is 14.2. The van der Waals surface area contributed by atoms with Crippen LogP contribution in [0.5, 0.6) is 0 Å². The summed E-state index contributed by atoms with van der Waals surface area (Å²) in [5.41, 5.74) is -60.4. The van der Waals surface area contributed by atoms with Crippen LogP contribution in [-0.2, 0) is 118 Å². The van der Waals surface area contributed by atoms with Crippen molar-refractivity contribution in [3.05, 3.63) is 235 Å². The molecule has 1 saturated heterocycles. The van der Waals surface area contributed by atoms with E-state index in [0.717, 1.165) is 52.9 Å². The van der Waals surface area contributed by atoms with E-state index in [1.54, 1.807) is 13.8 Å². The van der Waals surface area contributed by atoms with E-state index in [0.29, 0.717) is 29.9 Å². The third-order valence-corrected chi connectivity index (χ3v) is 22.9. The summed E-state index contributed by atoms with van der Waals surface area (Å²) in [7, 11) is 0. The van der Waals surface area contributed by atoms with Gasteiger partial charge in [0.1, 0.15) is 12.3 Å². The molecular weight excluding hydrogens is 2230 g/mol. The molecule has 1 aliphatic rings. The standard InChI is InChI=1S/2C32H12BF24.C12H24O4Se2.2C2H3N.Sr/c2*34-25(35,36)13-1-14(26(37,38)39)6-21(5-13)33(22-7-15(27(40,41)42)2-16(8-22)28(43,44)45,23-9-17(29(46,47)48)3-18(10-23)30(49,50)51)24-11-19(31(52,53)54)4-20(12-24)32(55,56)57;1-2-14-6-10-18-12-8-16-4-3-15-7-11-17-9-5-13-1;2*1-2-3;/h2*1-12H;1-12H2;2*1H3;/q2*-1;;;;+2/p+2. The van der Waals surface area contributed by atoms with Gasteiger partial charge >= 0.3 is 267 Å². The zero-order valence-electron chi connectivity index (χ0n) is 68.8. The minimum absolute atomic E-state index is 0. The number of rotatable bonds is 8. The zero-order valence-corrected chi connectivity index (χ0v) is 75.7. The second-order valence-electron chi connectivity index (χ2n) is 28.6. The summed E-state index contributed by atoms with van der Waals surface area (Å²) < 4.78 is 704. The predicted octanol–water partition coefficient (Wildman–Crippen LogP) is 20.8. The van der Waals surface area contributed by atoms with Gasteiger partial charge < -0.3 is 0 Å². The Balaban J connectivity index is 0.000000466. The molecule has 6 nitrogen and oxygen atoms in total. The first-order valence-electron chi connectivity index (χ1n) is 37.2. The van der Waals surface area contributed by atoms with Gasteiger partial charge in [0.2, 0.25) is 0 Å². The van der Waals surface area contributed by atoms with Crippen molar-refractivity contribution < 1.29 is 240 Å². The molecule has 8 aromatic rings. The van der Waals surface area contributed by atoms with Crippen molar-refractivity contribution in [2.24, 2.45) is 0 Å². The molecule has 59 heteroatoms. The normalized spacial score (nSPS) is 15.0. The fourth-order valence-corrected chi connectivity index (χ4v) is 16.3. The van der Waals surface area contributed by atoms with Gasteiger partial charge in [-0.05, 0) is 48.5 Å². The van der Waals surface area contributed by atoms with Gasteiger partial charge in [-0.3, -0.25) is 0 Å². The van der Waals surface area contributed by atoms with Gasteiger partial charge in [0, 0.05) is 0 Å². The molecule has 0 aromatic heterocycles. The van der Waals surface area contributed by atoms with Crippen molar-refractivity contribution >= 4 is 131 Å². The van der Waals surface area contributed by atoms with Gasteiger partial charge in [-0.2, -0.15) is 254 Å². The molecule has 0 aliphatic carbocycles. The van der Waals surface area contributed by atoms with Crippen LogP contribution in [0, 0.1) is 12.1 Å². The molecule has 0 amide bonds. The average molecular weight is 2290 g/mol. The van der Waals surface area contributed by atoms with Crippen LogP contribution in [0.1, 0.15) is 103 Å². The van der Waals surface area contributed by atoms with Crippen LogP contribution >= 0.6 is 0 Å². The molecule has 1 aliphatic heterocycles. The van der Waals surface area contributed by atoms with Crippen molar-refractivity contribution in [3.63, 3.8) is 0 Å². The summed E-state index contributed by atoms with van der Waals surface area (Å²) in [5, 5.41) is 16.6. The van der Waals surface area contributed by atoms with Crippen LogP contribution in [-0.4, -0.2) is 141 Å². The first-order chi connectivity index (χ1) is 62.4. The Bertz CT molecular complexity index is 4260. The molecule has 0 atom stereocenters. The first-order valence-corrected chi connectivity index (χ1v) is 42.0. The van der Waals surface area contributed by atoms with E-state index < -0.39 is 389 Å². The predicted molar refractivity (Wildman–Crippen MR) is 401 cm³/mol. The van der Waals surface area contributed by atoms with Crippen LogP contribution in [0.25, 0.3) is 0 Å². The van der Waals surface area contributed by atoms with Crippen LogP contribution in [0.2, 0.25) is 21.3 Å². The van der Waals surface area contributed by atoms with Gasteiger partial charge in [0.05, 0.1) is 103 Å². The minimum atomic E-state index is -6.13. The molecule has 1 fully saturated rings. The Hall–Kier alpha value is -8.13. The molecule has 0 saturated carbocycles. The first kappa shape index (κ1) is 123. The number of ether oxygens (including phenoxy) is 4. The summed E-state index contributed by atoms with van der Waals surface area (Å²) in [5.74, 6) is 0. The Labute approximate surface area is 800 Å². The zero-order chi connectivity index (χ0) is 106. The summed E-state index contributed by atoms with van der Waals surface area (Å²) >= 11 is 1.30. The Morgan fingerprint density at radius 2 is 0.259 bits per heavy atom. The fourth-order valence-electron chi connectivity index (χ4n) is 13.5. The third kappa shape index (κ3) is 34.0. The molecule has 139 heavy (non-hydrogen) atoms. The Kier molecular flexibility index (Phi) is 41.0. The third-order valence-electron chi connectivity index (χ3n) is 19.1. The van der Waals surface area contributed by atoms with E-state index in [1.807, 2.05) is 12.1 Å². The van der Waals surface area contributed by atoms with Crippen LogP contribution in [0.15, 0.2) is 146 Å². The van der Waals surface area contributed by atoms with Gasteiger partial charge in [-0.25, -0.2) is 0 Å². The molecule has 9 rings (SSSR count). The summed E-state index contributed by atoms with van der Waals surface area (Å²) in [6, 6.07) is -13.6. The van der Waals surface area contributed by atoms with Crippen molar-refractivity contribution in [1.82, 2.24) is 0 Å². The van der Waals surface area contributed by atoms with Gasteiger partial charge in [-0.15, -0.1) is 10.5 Å². The number of halogens is 48. The molecule has 0 bridgehead atoms. The van der Waals surface area contributed by atoms with E-state index in [9.17, 15) is 211 Å². The number of nitrogens with one attached hydrogen (secondary N) is 2. The molecule has 0 spiro atoms. The molecule has 0 radical (unpaired) electrons. The van der Waals surface area contributed by atoms with Crippen molar-refractivity contribution in [1.29, 1.82) is 0 Å². The number of alkyl halides is 48. The van der Waals surface area contributed by atoms with Crippen LogP contribution in [0.4, 0.5) is 211 Å². The number of hydrogen-bond donors (Lipinski definition) is 2. The fraction of sp³-hybridized carbons (Fsp3) is 0.375. The van der Waals surface area contributed by atoms with E-state index in [-0.39, 0.29) is 45.5 Å². The van der Waals surface area contributed by atoms with Crippen LogP contribution < -0.4 is 54.2 Å². The summed E-state index contributed by atoms with van der Waals surface area (Å²) in [4.78, 5) is 0.